The van der Waals surface area contributed by atoms with Crippen molar-refractivity contribution in [3.05, 3.63) is 35.5 Å². The van der Waals surface area contributed by atoms with Gasteiger partial charge in [-0.15, -0.1) is 0 Å². The van der Waals surface area contributed by atoms with Crippen molar-refractivity contribution in [2.75, 3.05) is 6.54 Å². The minimum Gasteiger partial charge on any atom is -0.454 e. The van der Waals surface area contributed by atoms with E-state index >= 15 is 0 Å². The van der Waals surface area contributed by atoms with Gasteiger partial charge < -0.3 is 9.72 Å². The Bertz CT molecular complexity index is 1000. The van der Waals surface area contributed by atoms with E-state index in [1.807, 2.05) is 31.2 Å². The Hall–Kier alpha value is -2.96. The van der Waals surface area contributed by atoms with Gasteiger partial charge >= 0.3 is 5.97 Å². The van der Waals surface area contributed by atoms with Gasteiger partial charge in [-0.25, -0.2) is 0 Å². The molecular formula is C23H26N2O5. The average molecular weight is 410 g/mol. The Balaban J connectivity index is 1.37. The molecule has 2 heterocycles. The first-order chi connectivity index (χ1) is 14.4. The molecule has 0 radical (unpaired) electrons. The van der Waals surface area contributed by atoms with Crippen LogP contribution < -0.4 is 0 Å². The van der Waals surface area contributed by atoms with E-state index in [4.69, 9.17) is 4.74 Å². The van der Waals surface area contributed by atoms with Gasteiger partial charge in [-0.05, 0) is 32.8 Å². The Morgan fingerprint density at radius 1 is 1.13 bits per heavy atom. The molecule has 1 aliphatic heterocycles. The summed E-state index contributed by atoms with van der Waals surface area (Å²) in [5, 5.41) is 0.791. The van der Waals surface area contributed by atoms with Crippen molar-refractivity contribution in [1.29, 1.82) is 0 Å². The number of aromatic nitrogens is 1. The standard InChI is InChI=1S/C23H26N2O5/c1-13-20(17-9-5-6-10-18(17)24-13)21(27)14(2)30-19(26)11-12-25-22(28)15-7-3-4-8-16(15)23(25)29/h5-6,9-10,14-16,24H,3-4,7-8,11-12H2,1-2H3/t14-,15-,16-/m0/s1. The van der Waals surface area contributed by atoms with Crippen LogP contribution in [0.1, 0.15) is 55.1 Å². The summed E-state index contributed by atoms with van der Waals surface area (Å²) in [6.07, 6.45) is 2.34. The molecule has 0 bridgehead atoms. The summed E-state index contributed by atoms with van der Waals surface area (Å²) in [5.41, 5.74) is 2.09. The highest BCUT2D eigenvalue weighted by molar-refractivity contribution is 6.11. The molecule has 1 N–H and O–H groups in total. The maximum absolute atomic E-state index is 12.9. The number of nitrogens with zero attached hydrogens (tertiary/aromatic N) is 1. The Labute approximate surface area is 174 Å². The molecule has 2 aromatic rings. The number of H-pyrrole nitrogens is 1. The topological polar surface area (TPSA) is 96.5 Å². The molecule has 7 nitrogen and oxygen atoms in total. The number of imide groups is 1. The van der Waals surface area contributed by atoms with E-state index in [9.17, 15) is 19.2 Å². The number of fused-ring (bicyclic) bond motifs is 2. The number of aromatic amines is 1. The van der Waals surface area contributed by atoms with Crippen LogP contribution in [0.4, 0.5) is 0 Å². The first-order valence-corrected chi connectivity index (χ1v) is 10.5. The van der Waals surface area contributed by atoms with Gasteiger partial charge in [0.2, 0.25) is 17.6 Å². The Morgan fingerprint density at radius 2 is 1.77 bits per heavy atom. The fourth-order valence-corrected chi connectivity index (χ4v) is 4.76. The fourth-order valence-electron chi connectivity index (χ4n) is 4.76. The predicted molar refractivity (Wildman–Crippen MR) is 110 cm³/mol. The minimum atomic E-state index is -0.956. The SMILES string of the molecule is Cc1[nH]c2ccccc2c1C(=O)[C@H](C)OC(=O)CCN1C(=O)[C@H]2CCCC[C@@H]2C1=O. The highest BCUT2D eigenvalue weighted by Gasteiger charge is 2.47. The largest absolute Gasteiger partial charge is 0.454 e. The molecule has 1 aliphatic carbocycles. The van der Waals surface area contributed by atoms with Gasteiger partial charge in [0.1, 0.15) is 0 Å². The highest BCUT2D eigenvalue weighted by Crippen LogP contribution is 2.38. The second kappa shape index (κ2) is 8.05. The minimum absolute atomic E-state index is 0.0104. The third kappa shape index (κ3) is 3.53. The average Bonchev–Trinajstić information content (AvgIpc) is 3.19. The van der Waals surface area contributed by atoms with Gasteiger partial charge in [0, 0.05) is 28.7 Å². The molecule has 2 fully saturated rings. The summed E-state index contributed by atoms with van der Waals surface area (Å²) in [7, 11) is 0. The van der Waals surface area contributed by atoms with E-state index in [1.165, 1.54) is 4.90 Å². The molecule has 1 aromatic heterocycles. The maximum atomic E-state index is 12.9. The molecule has 30 heavy (non-hydrogen) atoms. The summed E-state index contributed by atoms with van der Waals surface area (Å²) in [6.45, 7) is 3.37. The molecule has 3 atom stereocenters. The zero-order valence-corrected chi connectivity index (χ0v) is 17.3. The lowest BCUT2D eigenvalue weighted by atomic mass is 9.81. The van der Waals surface area contributed by atoms with Crippen LogP contribution in [0.2, 0.25) is 0 Å². The highest BCUT2D eigenvalue weighted by atomic mass is 16.5. The van der Waals surface area contributed by atoms with Gasteiger partial charge in [0.05, 0.1) is 18.3 Å². The number of carbonyl (C=O) groups excluding carboxylic acids is 4. The molecule has 1 saturated carbocycles. The molecule has 0 unspecified atom stereocenters. The van der Waals surface area contributed by atoms with Gasteiger partial charge in [-0.3, -0.25) is 24.1 Å². The predicted octanol–water partition coefficient (Wildman–Crippen LogP) is 3.16. The third-order valence-corrected chi connectivity index (χ3v) is 6.29. The van der Waals surface area contributed by atoms with Crippen LogP contribution in [-0.2, 0) is 19.1 Å². The maximum Gasteiger partial charge on any atom is 0.308 e. The number of para-hydroxylation sites is 1. The number of rotatable bonds is 6. The lowest BCUT2D eigenvalue weighted by molar-refractivity contribution is -0.147. The number of amides is 2. The molecular weight excluding hydrogens is 384 g/mol. The Morgan fingerprint density at radius 3 is 2.43 bits per heavy atom. The number of ether oxygens (including phenoxy) is 1. The number of esters is 1. The van der Waals surface area contributed by atoms with E-state index < -0.39 is 12.1 Å². The number of hydrogen-bond acceptors (Lipinski definition) is 5. The van der Waals surface area contributed by atoms with Gasteiger partial charge in [-0.2, -0.15) is 0 Å². The number of ketones is 1. The zero-order valence-electron chi connectivity index (χ0n) is 17.3. The zero-order chi connectivity index (χ0) is 21.4. The number of likely N-dealkylation sites (tertiary alicyclic amines) is 1. The van der Waals surface area contributed by atoms with Crippen LogP contribution in [0.25, 0.3) is 10.9 Å². The van der Waals surface area contributed by atoms with Crippen molar-refractivity contribution in [3.63, 3.8) is 0 Å². The number of nitrogens with one attached hydrogen (secondary N) is 1. The third-order valence-electron chi connectivity index (χ3n) is 6.29. The molecule has 158 valence electrons. The molecule has 7 heteroatoms. The normalized spacial score (nSPS) is 22.3. The van der Waals surface area contributed by atoms with Crippen LogP contribution in [0, 0.1) is 18.8 Å². The molecule has 0 spiro atoms. The van der Waals surface area contributed by atoms with Crippen molar-refractivity contribution in [1.82, 2.24) is 9.88 Å². The molecule has 4 rings (SSSR count). The lowest BCUT2D eigenvalue weighted by Crippen LogP contribution is -2.34. The van der Waals surface area contributed by atoms with Gasteiger partial charge in [-0.1, -0.05) is 31.0 Å². The fraction of sp³-hybridized carbons (Fsp3) is 0.478. The van der Waals surface area contributed by atoms with Crippen LogP contribution >= 0.6 is 0 Å². The van der Waals surface area contributed by atoms with Crippen LogP contribution in [-0.4, -0.2) is 46.1 Å². The first-order valence-electron chi connectivity index (χ1n) is 10.5. The van der Waals surface area contributed by atoms with Crippen LogP contribution in [0.5, 0.6) is 0 Å². The number of carbonyl (C=O) groups is 4. The summed E-state index contributed by atoms with van der Waals surface area (Å²) in [6, 6.07) is 7.47. The van der Waals surface area contributed by atoms with Crippen molar-refractivity contribution in [3.8, 4) is 0 Å². The van der Waals surface area contributed by atoms with E-state index in [0.29, 0.717) is 5.56 Å². The van der Waals surface area contributed by atoms with E-state index in [-0.39, 0.29) is 42.4 Å². The second-order valence-corrected chi connectivity index (χ2v) is 8.24. The molecule has 1 saturated heterocycles. The van der Waals surface area contributed by atoms with E-state index in [0.717, 1.165) is 42.3 Å². The molecule has 2 aliphatic rings. The van der Waals surface area contributed by atoms with Crippen LogP contribution in [0.15, 0.2) is 24.3 Å². The number of benzene rings is 1. The number of Topliss-reactive ketones (excluding diaryl/α,β-unsaturated/α-hetero) is 1. The molecule has 2 amide bonds. The first kappa shape index (κ1) is 20.3. The van der Waals surface area contributed by atoms with E-state index in [1.54, 1.807) is 6.92 Å². The monoisotopic (exact) mass is 410 g/mol. The summed E-state index contributed by atoms with van der Waals surface area (Å²) < 4.78 is 5.34. The summed E-state index contributed by atoms with van der Waals surface area (Å²) in [5.74, 6) is -1.67. The van der Waals surface area contributed by atoms with Crippen molar-refractivity contribution >= 4 is 34.5 Å². The lowest BCUT2D eigenvalue weighted by Gasteiger charge is -2.19. The smallest absolute Gasteiger partial charge is 0.308 e. The van der Waals surface area contributed by atoms with Crippen LogP contribution in [0.3, 0.4) is 0 Å². The molecule has 1 aromatic carbocycles. The summed E-state index contributed by atoms with van der Waals surface area (Å²) in [4.78, 5) is 54.6. The second-order valence-electron chi connectivity index (χ2n) is 8.24. The number of aryl methyl sites for hydroxylation is 1. The van der Waals surface area contributed by atoms with Crippen molar-refractivity contribution in [2.45, 2.75) is 52.1 Å². The Kier molecular flexibility index (Phi) is 5.45. The van der Waals surface area contributed by atoms with E-state index in [2.05, 4.69) is 4.98 Å². The van der Waals surface area contributed by atoms with Gasteiger partial charge in [0.25, 0.3) is 0 Å². The summed E-state index contributed by atoms with van der Waals surface area (Å²) >= 11 is 0. The quantitative estimate of drug-likeness (QED) is 0.448. The van der Waals surface area contributed by atoms with Gasteiger partial charge in [0.15, 0.2) is 6.10 Å². The number of hydrogen-bond donors (Lipinski definition) is 1. The van der Waals surface area contributed by atoms with Crippen molar-refractivity contribution in [2.24, 2.45) is 11.8 Å². The van der Waals surface area contributed by atoms with Crippen molar-refractivity contribution < 1.29 is 23.9 Å².